The first-order valence-corrected chi connectivity index (χ1v) is 6.06. The van der Waals surface area contributed by atoms with E-state index in [0.717, 1.165) is 19.4 Å². The molecule has 1 amide bonds. The highest BCUT2D eigenvalue weighted by Crippen LogP contribution is 2.29. The van der Waals surface area contributed by atoms with Crippen LogP contribution in [0.5, 0.6) is 0 Å². The highest BCUT2D eigenvalue weighted by atomic mass is 16.3. The first-order chi connectivity index (χ1) is 8.39. The molecule has 1 atom stereocenters. The van der Waals surface area contributed by atoms with Crippen LogP contribution in [-0.2, 0) is 0 Å². The van der Waals surface area contributed by atoms with E-state index in [2.05, 4.69) is 0 Å². The summed E-state index contributed by atoms with van der Waals surface area (Å²) in [6.07, 6.45) is 1.64. The lowest BCUT2D eigenvalue weighted by Gasteiger charge is -2.38. The van der Waals surface area contributed by atoms with E-state index in [1.165, 1.54) is 0 Å². The zero-order valence-electron chi connectivity index (χ0n) is 10.5. The number of hydrogen-bond acceptors (Lipinski definition) is 4. The first-order valence-electron chi connectivity index (χ1n) is 6.06. The molecular formula is C13H19N3O2. The number of benzene rings is 1. The Labute approximate surface area is 106 Å². The second-order valence-corrected chi connectivity index (χ2v) is 5.16. The van der Waals surface area contributed by atoms with E-state index in [0.29, 0.717) is 23.5 Å². The lowest BCUT2D eigenvalue weighted by Crippen LogP contribution is -2.46. The zero-order valence-corrected chi connectivity index (χ0v) is 10.5. The molecule has 18 heavy (non-hydrogen) atoms. The van der Waals surface area contributed by atoms with Gasteiger partial charge in [0, 0.05) is 18.8 Å². The summed E-state index contributed by atoms with van der Waals surface area (Å²) < 4.78 is 0. The third-order valence-electron chi connectivity index (χ3n) is 3.30. The van der Waals surface area contributed by atoms with Crippen LogP contribution in [0, 0.1) is 0 Å². The van der Waals surface area contributed by atoms with Crippen molar-refractivity contribution in [3.8, 4) is 0 Å². The molecule has 1 fully saturated rings. The van der Waals surface area contributed by atoms with E-state index >= 15 is 0 Å². The Kier molecular flexibility index (Phi) is 3.17. The Morgan fingerprint density at radius 2 is 2.22 bits per heavy atom. The van der Waals surface area contributed by atoms with Crippen LogP contribution in [0.3, 0.4) is 0 Å². The zero-order chi connectivity index (χ0) is 13.3. The minimum atomic E-state index is -0.738. The van der Waals surface area contributed by atoms with E-state index in [1.807, 2.05) is 4.90 Å². The van der Waals surface area contributed by atoms with Crippen molar-refractivity contribution in [1.82, 2.24) is 0 Å². The lowest BCUT2D eigenvalue weighted by molar-refractivity contribution is 0.0448. The van der Waals surface area contributed by atoms with Crippen LogP contribution < -0.4 is 16.4 Å². The van der Waals surface area contributed by atoms with Gasteiger partial charge in [0.15, 0.2) is 0 Å². The molecule has 0 radical (unpaired) electrons. The minimum absolute atomic E-state index is 0.446. The van der Waals surface area contributed by atoms with Crippen LogP contribution in [-0.4, -0.2) is 29.7 Å². The molecule has 1 heterocycles. The molecule has 0 aliphatic carbocycles. The van der Waals surface area contributed by atoms with Gasteiger partial charge in [-0.05, 0) is 38.0 Å². The molecule has 0 bridgehead atoms. The van der Waals surface area contributed by atoms with Gasteiger partial charge in [-0.3, -0.25) is 4.79 Å². The molecule has 1 saturated heterocycles. The van der Waals surface area contributed by atoms with Crippen molar-refractivity contribution in [3.05, 3.63) is 23.8 Å². The molecule has 1 aromatic carbocycles. The van der Waals surface area contributed by atoms with Gasteiger partial charge in [0.25, 0.3) is 5.91 Å². The molecule has 1 aliphatic heterocycles. The van der Waals surface area contributed by atoms with Gasteiger partial charge in [0.1, 0.15) is 0 Å². The molecule has 5 nitrogen and oxygen atoms in total. The van der Waals surface area contributed by atoms with Crippen LogP contribution in [0.4, 0.5) is 11.4 Å². The number of primary amides is 1. The molecule has 0 spiro atoms. The van der Waals surface area contributed by atoms with Gasteiger partial charge in [-0.15, -0.1) is 0 Å². The Hall–Kier alpha value is -1.75. The van der Waals surface area contributed by atoms with Crippen LogP contribution in [0.15, 0.2) is 18.2 Å². The predicted molar refractivity (Wildman–Crippen MR) is 71.4 cm³/mol. The summed E-state index contributed by atoms with van der Waals surface area (Å²) in [6.45, 7) is 3.08. The maximum atomic E-state index is 11.4. The van der Waals surface area contributed by atoms with Gasteiger partial charge >= 0.3 is 0 Å². The largest absolute Gasteiger partial charge is 0.399 e. The summed E-state index contributed by atoms with van der Waals surface area (Å²) in [5.41, 5.74) is 12.1. The van der Waals surface area contributed by atoms with Crippen molar-refractivity contribution in [1.29, 1.82) is 0 Å². The fourth-order valence-corrected chi connectivity index (χ4v) is 2.44. The fourth-order valence-electron chi connectivity index (χ4n) is 2.44. The van der Waals surface area contributed by atoms with Crippen LogP contribution >= 0.6 is 0 Å². The highest BCUT2D eigenvalue weighted by Gasteiger charge is 2.30. The normalized spacial score (nSPS) is 24.0. The Balaban J connectivity index is 2.37. The third-order valence-corrected chi connectivity index (χ3v) is 3.30. The number of nitrogens with zero attached hydrogens (tertiary/aromatic N) is 1. The number of nitrogens with two attached hydrogens (primary N) is 2. The van der Waals surface area contributed by atoms with Gasteiger partial charge in [-0.1, -0.05) is 0 Å². The van der Waals surface area contributed by atoms with E-state index in [4.69, 9.17) is 11.5 Å². The maximum absolute atomic E-state index is 11.4. The number of carbonyl (C=O) groups excluding carboxylic acids is 1. The molecule has 0 saturated carbocycles. The Morgan fingerprint density at radius 1 is 1.50 bits per heavy atom. The standard InChI is InChI=1S/C13H19N3O2/c1-13(18)5-2-6-16(8-13)11-7-9(14)3-4-10(11)12(15)17/h3-4,7,18H,2,5-6,8,14H2,1H3,(H2,15,17). The molecule has 2 rings (SSSR count). The number of aliphatic hydroxyl groups is 1. The second kappa shape index (κ2) is 4.49. The quantitative estimate of drug-likeness (QED) is 0.673. The number of anilines is 2. The minimum Gasteiger partial charge on any atom is -0.399 e. The first kappa shape index (κ1) is 12.7. The van der Waals surface area contributed by atoms with Gasteiger partial charge in [0.2, 0.25) is 0 Å². The number of carbonyl (C=O) groups is 1. The molecule has 1 aromatic rings. The summed E-state index contributed by atoms with van der Waals surface area (Å²) in [5, 5.41) is 10.1. The average Bonchev–Trinajstić information content (AvgIpc) is 2.27. The van der Waals surface area contributed by atoms with Crippen molar-refractivity contribution in [3.63, 3.8) is 0 Å². The number of hydrogen-bond donors (Lipinski definition) is 3. The van der Waals surface area contributed by atoms with Gasteiger partial charge in [-0.2, -0.15) is 0 Å². The molecule has 1 aliphatic rings. The van der Waals surface area contributed by atoms with Crippen LogP contribution in [0.1, 0.15) is 30.1 Å². The molecule has 1 unspecified atom stereocenters. The molecule has 5 N–H and O–H groups in total. The molecule has 98 valence electrons. The number of rotatable bonds is 2. The smallest absolute Gasteiger partial charge is 0.250 e. The lowest BCUT2D eigenvalue weighted by atomic mass is 9.94. The van der Waals surface area contributed by atoms with Crippen molar-refractivity contribution >= 4 is 17.3 Å². The monoisotopic (exact) mass is 249 g/mol. The second-order valence-electron chi connectivity index (χ2n) is 5.16. The van der Waals surface area contributed by atoms with Gasteiger partial charge in [-0.25, -0.2) is 0 Å². The topological polar surface area (TPSA) is 92.6 Å². The van der Waals surface area contributed by atoms with Crippen molar-refractivity contribution in [2.45, 2.75) is 25.4 Å². The highest BCUT2D eigenvalue weighted by molar-refractivity contribution is 5.99. The van der Waals surface area contributed by atoms with Crippen molar-refractivity contribution < 1.29 is 9.90 Å². The van der Waals surface area contributed by atoms with Crippen LogP contribution in [0.2, 0.25) is 0 Å². The molecule has 5 heteroatoms. The number of piperidine rings is 1. The average molecular weight is 249 g/mol. The third kappa shape index (κ3) is 2.56. The summed E-state index contributed by atoms with van der Waals surface area (Å²) in [7, 11) is 0. The summed E-state index contributed by atoms with van der Waals surface area (Å²) >= 11 is 0. The SMILES string of the molecule is CC1(O)CCCN(c2cc(N)ccc2C(N)=O)C1. The van der Waals surface area contributed by atoms with E-state index in [9.17, 15) is 9.90 Å². The molecule has 0 aromatic heterocycles. The van der Waals surface area contributed by atoms with Gasteiger partial charge in [0.05, 0.1) is 16.9 Å². The number of nitrogen functional groups attached to an aromatic ring is 1. The van der Waals surface area contributed by atoms with Crippen LogP contribution in [0.25, 0.3) is 0 Å². The summed E-state index contributed by atoms with van der Waals surface area (Å²) in [4.78, 5) is 13.4. The van der Waals surface area contributed by atoms with E-state index in [1.54, 1.807) is 25.1 Å². The summed E-state index contributed by atoms with van der Waals surface area (Å²) in [5.74, 6) is -0.477. The maximum Gasteiger partial charge on any atom is 0.250 e. The number of β-amino-alcohol motifs (C(OH)–C–C–N with tert-alkyl or cyclic N) is 1. The Morgan fingerprint density at radius 3 is 2.83 bits per heavy atom. The fraction of sp³-hybridized carbons (Fsp3) is 0.462. The van der Waals surface area contributed by atoms with E-state index in [-0.39, 0.29) is 0 Å². The molecular weight excluding hydrogens is 230 g/mol. The number of amides is 1. The van der Waals surface area contributed by atoms with Crippen molar-refractivity contribution in [2.75, 3.05) is 23.7 Å². The summed E-state index contributed by atoms with van der Waals surface area (Å²) in [6, 6.07) is 5.03. The van der Waals surface area contributed by atoms with E-state index < -0.39 is 11.5 Å². The van der Waals surface area contributed by atoms with Gasteiger partial charge < -0.3 is 21.5 Å². The van der Waals surface area contributed by atoms with Crippen molar-refractivity contribution in [2.24, 2.45) is 5.73 Å². The Bertz CT molecular complexity index is 471. The predicted octanol–water partition coefficient (Wildman–Crippen LogP) is 0.719.